The molecule has 2 bridgehead atoms. The van der Waals surface area contributed by atoms with E-state index in [9.17, 15) is 19.5 Å². The molecule has 8 nitrogen and oxygen atoms in total. The number of rotatable bonds is 4. The number of hydrogen-bond donors (Lipinski definition) is 2. The van der Waals surface area contributed by atoms with E-state index >= 15 is 0 Å². The van der Waals surface area contributed by atoms with Crippen LogP contribution in [0.1, 0.15) is 34.6 Å². The highest BCUT2D eigenvalue weighted by atomic mass is 16.8. The van der Waals surface area contributed by atoms with Crippen LogP contribution in [-0.4, -0.2) is 58.8 Å². The minimum absolute atomic E-state index is 0.0281. The Morgan fingerprint density at radius 2 is 1.90 bits per heavy atom. The molecule has 30 heavy (non-hydrogen) atoms. The fourth-order valence-corrected chi connectivity index (χ4v) is 4.67. The van der Waals surface area contributed by atoms with Gasteiger partial charge in [0.05, 0.1) is 12.6 Å². The predicted octanol–water partition coefficient (Wildman–Crippen LogP) is 1.51. The van der Waals surface area contributed by atoms with Crippen LogP contribution in [0.25, 0.3) is 0 Å². The van der Waals surface area contributed by atoms with Crippen molar-refractivity contribution in [2.24, 2.45) is 11.8 Å². The van der Waals surface area contributed by atoms with Gasteiger partial charge in [0.2, 0.25) is 0 Å². The second-order valence-electron chi connectivity index (χ2n) is 8.90. The molecule has 0 aliphatic carbocycles. The lowest BCUT2D eigenvalue weighted by Crippen LogP contribution is -2.66. The third kappa shape index (κ3) is 3.05. The maximum Gasteiger partial charge on any atom is 0.259 e. The van der Waals surface area contributed by atoms with E-state index in [-0.39, 0.29) is 41.6 Å². The molecule has 2 N–H and O–H groups in total. The summed E-state index contributed by atoms with van der Waals surface area (Å²) in [5.74, 6) is -2.59. The molecule has 4 saturated heterocycles. The second kappa shape index (κ2) is 6.87. The van der Waals surface area contributed by atoms with E-state index in [0.29, 0.717) is 0 Å². The number of ketones is 2. The number of Topliss-reactive ketones (excluding diaryl/α,β-unsaturated/α-hetero) is 2. The summed E-state index contributed by atoms with van der Waals surface area (Å²) in [6.45, 7) is 9.34. The van der Waals surface area contributed by atoms with Crippen molar-refractivity contribution in [3.8, 4) is 0 Å². The molecule has 1 amide bonds. The Hall–Kier alpha value is -2.29. The molecule has 4 aliphatic rings. The monoisotopic (exact) mass is 417 g/mol. The summed E-state index contributed by atoms with van der Waals surface area (Å²) < 4.78 is 18.0. The maximum atomic E-state index is 12.7. The normalized spacial score (nSPS) is 43.5. The summed E-state index contributed by atoms with van der Waals surface area (Å²) in [6, 6.07) is 0. The fourth-order valence-electron chi connectivity index (χ4n) is 4.67. The largest absolute Gasteiger partial charge is 0.507 e. The van der Waals surface area contributed by atoms with Crippen LogP contribution in [0.5, 0.6) is 0 Å². The lowest BCUT2D eigenvalue weighted by Gasteiger charge is -2.51. The van der Waals surface area contributed by atoms with E-state index in [2.05, 4.69) is 5.32 Å². The number of nitrogens with one attached hydrogen (secondary N) is 1. The average molecular weight is 417 g/mol. The van der Waals surface area contributed by atoms with Gasteiger partial charge >= 0.3 is 0 Å². The number of aliphatic hydroxyl groups excluding tert-OH is 1. The van der Waals surface area contributed by atoms with Gasteiger partial charge in [-0.3, -0.25) is 14.4 Å². The predicted molar refractivity (Wildman–Crippen MR) is 105 cm³/mol. The summed E-state index contributed by atoms with van der Waals surface area (Å²) in [5.41, 5.74) is -0.167. The Morgan fingerprint density at radius 3 is 2.53 bits per heavy atom. The van der Waals surface area contributed by atoms with Crippen molar-refractivity contribution in [2.45, 2.75) is 64.3 Å². The van der Waals surface area contributed by atoms with E-state index in [4.69, 9.17) is 14.2 Å². The number of carbonyl (C=O) groups is 3. The number of hydrogen-bond acceptors (Lipinski definition) is 7. The van der Waals surface area contributed by atoms with E-state index in [1.165, 1.54) is 6.08 Å². The van der Waals surface area contributed by atoms with Crippen molar-refractivity contribution in [3.05, 3.63) is 35.1 Å². The molecular weight excluding hydrogens is 390 g/mol. The van der Waals surface area contributed by atoms with E-state index < -0.39 is 35.3 Å². The molecule has 0 radical (unpaired) electrons. The summed E-state index contributed by atoms with van der Waals surface area (Å²) >= 11 is 0. The van der Waals surface area contributed by atoms with Crippen LogP contribution < -0.4 is 5.32 Å². The van der Waals surface area contributed by atoms with Gasteiger partial charge in [0.1, 0.15) is 17.4 Å². The number of carbonyl (C=O) groups excluding carboxylic acids is 3. The Kier molecular flexibility index (Phi) is 4.80. The average Bonchev–Trinajstić information content (AvgIpc) is 3.29. The Morgan fingerprint density at radius 1 is 1.20 bits per heavy atom. The summed E-state index contributed by atoms with van der Waals surface area (Å²) in [5, 5.41) is 12.5. The third-order valence-electron chi connectivity index (χ3n) is 6.67. The van der Waals surface area contributed by atoms with Gasteiger partial charge in [-0.25, -0.2) is 0 Å². The lowest BCUT2D eigenvalue weighted by molar-refractivity contribution is -0.350. The summed E-state index contributed by atoms with van der Waals surface area (Å²) in [6.07, 6.45) is 3.64. The molecule has 0 unspecified atom stereocenters. The third-order valence-corrected chi connectivity index (χ3v) is 6.67. The zero-order valence-electron chi connectivity index (χ0n) is 17.7. The van der Waals surface area contributed by atoms with Gasteiger partial charge < -0.3 is 24.6 Å². The number of fused-ring (bicyclic) bond motifs is 4. The lowest BCUT2D eigenvalue weighted by atomic mass is 9.78. The number of epoxide rings is 1. The molecule has 0 aromatic rings. The van der Waals surface area contributed by atoms with Crippen LogP contribution in [0.15, 0.2) is 35.1 Å². The minimum Gasteiger partial charge on any atom is -0.507 e. The number of ether oxygens (including phenoxy) is 3. The maximum absolute atomic E-state index is 12.7. The molecule has 0 saturated carbocycles. The van der Waals surface area contributed by atoms with Crippen LogP contribution in [0, 0.1) is 11.8 Å². The van der Waals surface area contributed by atoms with Crippen molar-refractivity contribution in [2.75, 3.05) is 6.54 Å². The fraction of sp³-hybridized carbons (Fsp3) is 0.591. The molecule has 7 atom stereocenters. The van der Waals surface area contributed by atoms with Gasteiger partial charge in [-0.15, -0.1) is 0 Å². The molecule has 8 heteroatoms. The van der Waals surface area contributed by atoms with Crippen LogP contribution in [0.2, 0.25) is 0 Å². The van der Waals surface area contributed by atoms with Crippen LogP contribution in [0.4, 0.5) is 0 Å². The molecule has 162 valence electrons. The van der Waals surface area contributed by atoms with Gasteiger partial charge in [-0.1, -0.05) is 31.6 Å². The first-order valence-electron chi connectivity index (χ1n) is 10.2. The molecule has 4 heterocycles. The first-order valence-corrected chi connectivity index (χ1v) is 10.2. The highest BCUT2D eigenvalue weighted by molar-refractivity contribution is 6.25. The number of aliphatic hydroxyl groups is 1. The Bertz CT molecular complexity index is 900. The number of allylic oxidation sites excluding steroid dienone is 3. The molecular formula is C22H27NO7. The van der Waals surface area contributed by atoms with Gasteiger partial charge in [0.25, 0.3) is 5.91 Å². The molecule has 4 fully saturated rings. The van der Waals surface area contributed by atoms with Crippen LogP contribution >= 0.6 is 0 Å². The SMILES string of the molecule is CC(/C=C/C(O)=C1/C(=O)CNC1=O)=C\[C@H](C)[C@H]1O[C@]2(C)O[C@@H](C(=O)[C@H]3O[C@]32C)[C@H]1C. The Balaban J connectivity index is 1.51. The van der Waals surface area contributed by atoms with Crippen LogP contribution in [0.3, 0.4) is 0 Å². The van der Waals surface area contributed by atoms with Crippen molar-refractivity contribution in [1.82, 2.24) is 5.32 Å². The Labute approximate surface area is 174 Å². The van der Waals surface area contributed by atoms with E-state index in [1.807, 2.05) is 40.7 Å². The van der Waals surface area contributed by atoms with Crippen LogP contribution in [-0.2, 0) is 28.6 Å². The van der Waals surface area contributed by atoms with Gasteiger partial charge in [0, 0.05) is 11.8 Å². The highest BCUT2D eigenvalue weighted by Crippen LogP contribution is 2.57. The molecule has 0 spiro atoms. The minimum atomic E-state index is -0.988. The van der Waals surface area contributed by atoms with E-state index in [0.717, 1.165) is 5.57 Å². The quantitative estimate of drug-likeness (QED) is 0.234. The standard InChI is InChI=1S/C22H27NO7/c1-10(6-7-13(24)15-14(25)9-23-20(15)27)8-11(2)17-12(3)18-16(26)19-21(4,30-19)22(5,28-17)29-18/h6-8,11-12,17-19,24H,9H2,1-5H3,(H,23,27)/b7-6+,10-8+,15-13+/t11-,12-,17+,18+,19+,21+,22+/m0/s1. The molecule has 0 aromatic carbocycles. The highest BCUT2D eigenvalue weighted by Gasteiger charge is 2.76. The van der Waals surface area contributed by atoms with Gasteiger partial charge in [-0.05, 0) is 26.8 Å². The van der Waals surface area contributed by atoms with Crippen molar-refractivity contribution < 1.29 is 33.7 Å². The molecule has 4 aliphatic heterocycles. The summed E-state index contributed by atoms with van der Waals surface area (Å²) in [7, 11) is 0. The molecule has 4 rings (SSSR count). The first-order chi connectivity index (χ1) is 14.0. The smallest absolute Gasteiger partial charge is 0.259 e. The zero-order valence-corrected chi connectivity index (χ0v) is 17.7. The molecule has 0 aromatic heterocycles. The summed E-state index contributed by atoms with van der Waals surface area (Å²) in [4.78, 5) is 36.0. The first kappa shape index (κ1) is 21.0. The van der Waals surface area contributed by atoms with Gasteiger partial charge in [0.15, 0.2) is 29.1 Å². The van der Waals surface area contributed by atoms with E-state index in [1.54, 1.807) is 6.08 Å². The van der Waals surface area contributed by atoms with Crippen molar-refractivity contribution in [3.63, 3.8) is 0 Å². The van der Waals surface area contributed by atoms with Crippen molar-refractivity contribution >= 4 is 17.5 Å². The van der Waals surface area contributed by atoms with Gasteiger partial charge in [-0.2, -0.15) is 0 Å². The van der Waals surface area contributed by atoms with Crippen molar-refractivity contribution in [1.29, 1.82) is 0 Å². The second-order valence-corrected chi connectivity index (χ2v) is 8.90. The topological polar surface area (TPSA) is 114 Å². The number of amides is 1. The zero-order chi connectivity index (χ0) is 22.0.